The van der Waals surface area contributed by atoms with E-state index in [1.54, 1.807) is 25.1 Å². The highest BCUT2D eigenvalue weighted by atomic mass is 16.5. The minimum Gasteiger partial charge on any atom is -0.480 e. The van der Waals surface area contributed by atoms with Gasteiger partial charge in [-0.15, -0.1) is 0 Å². The summed E-state index contributed by atoms with van der Waals surface area (Å²) in [7, 11) is 1.45. The van der Waals surface area contributed by atoms with Gasteiger partial charge in [-0.25, -0.2) is 9.59 Å². The number of aryl methyl sites for hydroxylation is 1. The lowest BCUT2D eigenvalue weighted by Gasteiger charge is -2.25. The molecule has 180 valence electrons. The second-order valence-corrected chi connectivity index (χ2v) is 8.68. The van der Waals surface area contributed by atoms with Crippen LogP contribution in [-0.4, -0.2) is 47.7 Å². The second kappa shape index (κ2) is 10.0. The van der Waals surface area contributed by atoms with Gasteiger partial charge in [0.1, 0.15) is 12.6 Å². The van der Waals surface area contributed by atoms with Gasteiger partial charge in [-0.05, 0) is 47.7 Å². The second-order valence-electron chi connectivity index (χ2n) is 8.68. The molecule has 1 aliphatic rings. The van der Waals surface area contributed by atoms with Crippen LogP contribution in [0.3, 0.4) is 0 Å². The van der Waals surface area contributed by atoms with Crippen LogP contribution in [0, 0.1) is 6.92 Å². The fourth-order valence-electron chi connectivity index (χ4n) is 4.63. The van der Waals surface area contributed by atoms with Gasteiger partial charge in [-0.3, -0.25) is 10.1 Å². The molecular weight excluding hydrogens is 444 g/mol. The molecular formula is C28H28N2O5. The third-order valence-electron chi connectivity index (χ3n) is 6.45. The molecule has 0 radical (unpaired) electrons. The summed E-state index contributed by atoms with van der Waals surface area (Å²) in [5.74, 6) is -1.65. The number of hydrogen-bond donors (Lipinski definition) is 2. The van der Waals surface area contributed by atoms with E-state index >= 15 is 0 Å². The Morgan fingerprint density at radius 1 is 1.00 bits per heavy atom. The number of carboxylic acid groups (broad SMARTS) is 1. The molecule has 0 saturated heterocycles. The molecule has 0 aromatic heterocycles. The van der Waals surface area contributed by atoms with E-state index in [1.165, 1.54) is 11.9 Å². The van der Waals surface area contributed by atoms with Crippen LogP contribution in [0.2, 0.25) is 0 Å². The maximum atomic E-state index is 13.1. The molecule has 4 rings (SSSR count). The average molecular weight is 473 g/mol. The van der Waals surface area contributed by atoms with Crippen molar-refractivity contribution in [3.05, 3.63) is 89.0 Å². The summed E-state index contributed by atoms with van der Waals surface area (Å²) < 4.78 is 5.61. The van der Waals surface area contributed by atoms with E-state index in [4.69, 9.17) is 4.74 Å². The molecule has 0 fully saturated rings. The van der Waals surface area contributed by atoms with Crippen molar-refractivity contribution >= 4 is 23.7 Å². The van der Waals surface area contributed by atoms with E-state index in [0.717, 1.165) is 27.8 Å². The first-order valence-corrected chi connectivity index (χ1v) is 11.5. The zero-order chi connectivity index (χ0) is 25.1. The van der Waals surface area contributed by atoms with Gasteiger partial charge < -0.3 is 14.7 Å². The number of nitrogens with one attached hydrogen (secondary N) is 1. The predicted octanol–water partition coefficient (Wildman–Crippen LogP) is 5.29. The smallest absolute Gasteiger partial charge is 0.411 e. The third kappa shape index (κ3) is 4.75. The first-order chi connectivity index (χ1) is 16.8. The number of carbonyl (C=O) groups is 3. The molecule has 7 heteroatoms. The number of likely N-dealkylation sites (N-methyl/N-ethyl adjacent to an activating group) is 1. The van der Waals surface area contributed by atoms with E-state index in [0.29, 0.717) is 0 Å². The van der Waals surface area contributed by atoms with E-state index in [1.807, 2.05) is 43.3 Å². The summed E-state index contributed by atoms with van der Waals surface area (Å²) in [6.07, 6.45) is -0.420. The Bertz CT molecular complexity index is 1240. The molecule has 0 heterocycles. The van der Waals surface area contributed by atoms with Crippen molar-refractivity contribution in [1.82, 2.24) is 4.90 Å². The van der Waals surface area contributed by atoms with Crippen LogP contribution in [0.4, 0.5) is 10.5 Å². The van der Waals surface area contributed by atoms with Gasteiger partial charge >= 0.3 is 12.1 Å². The number of benzene rings is 3. The molecule has 0 saturated carbocycles. The van der Waals surface area contributed by atoms with Crippen molar-refractivity contribution in [2.24, 2.45) is 0 Å². The molecule has 3 aromatic carbocycles. The molecule has 0 aliphatic heterocycles. The number of nitrogens with zero attached hydrogens (tertiary/aromatic N) is 1. The maximum absolute atomic E-state index is 13.1. The number of amides is 2. The van der Waals surface area contributed by atoms with Crippen LogP contribution in [0.1, 0.15) is 46.3 Å². The van der Waals surface area contributed by atoms with Crippen LogP contribution in [0.15, 0.2) is 66.7 Å². The average Bonchev–Trinajstić information content (AvgIpc) is 3.17. The first-order valence-electron chi connectivity index (χ1n) is 11.5. The molecule has 1 unspecified atom stereocenters. The number of ether oxygens (including phenoxy) is 1. The molecule has 2 amide bonds. The van der Waals surface area contributed by atoms with Gasteiger partial charge in [-0.2, -0.15) is 0 Å². The van der Waals surface area contributed by atoms with Gasteiger partial charge in [0.25, 0.3) is 5.91 Å². The number of carboxylic acids is 1. The van der Waals surface area contributed by atoms with E-state index in [2.05, 4.69) is 17.4 Å². The van der Waals surface area contributed by atoms with Gasteiger partial charge in [0.05, 0.1) is 11.3 Å². The van der Waals surface area contributed by atoms with Crippen molar-refractivity contribution in [2.75, 3.05) is 19.0 Å². The molecule has 1 atom stereocenters. The Hall–Kier alpha value is -4.13. The zero-order valence-electron chi connectivity index (χ0n) is 19.9. The van der Waals surface area contributed by atoms with Crippen LogP contribution >= 0.6 is 0 Å². The normalized spacial score (nSPS) is 12.9. The Morgan fingerprint density at radius 2 is 1.60 bits per heavy atom. The highest BCUT2D eigenvalue weighted by Crippen LogP contribution is 2.44. The summed E-state index contributed by atoms with van der Waals surface area (Å²) >= 11 is 0. The third-order valence-corrected chi connectivity index (χ3v) is 6.45. The number of fused-ring (bicyclic) bond motifs is 3. The van der Waals surface area contributed by atoms with E-state index < -0.39 is 24.0 Å². The lowest BCUT2D eigenvalue weighted by Crippen LogP contribution is -2.42. The topological polar surface area (TPSA) is 95.9 Å². The molecule has 0 spiro atoms. The summed E-state index contributed by atoms with van der Waals surface area (Å²) in [4.78, 5) is 38.6. The molecule has 7 nitrogen and oxygen atoms in total. The maximum Gasteiger partial charge on any atom is 0.411 e. The van der Waals surface area contributed by atoms with Gasteiger partial charge in [0.2, 0.25) is 0 Å². The highest BCUT2D eigenvalue weighted by Gasteiger charge is 2.30. The standard InChI is InChI=1S/C28H28N2O5/c1-4-25(27(32)33)30(3)26(31)22-15-17(2)13-14-24(22)29-28(34)35-16-23-20-11-7-5-9-18(20)19-10-6-8-12-21(19)23/h5-15,23,25H,4,16H2,1-3H3,(H,29,34)(H,32,33). The fourth-order valence-corrected chi connectivity index (χ4v) is 4.63. The van der Waals surface area contributed by atoms with Gasteiger partial charge in [0.15, 0.2) is 0 Å². The van der Waals surface area contributed by atoms with Crippen molar-refractivity contribution in [3.8, 4) is 11.1 Å². The lowest BCUT2D eigenvalue weighted by molar-refractivity contribution is -0.142. The molecule has 0 bridgehead atoms. The lowest BCUT2D eigenvalue weighted by atomic mass is 9.98. The van der Waals surface area contributed by atoms with Gasteiger partial charge in [-0.1, -0.05) is 67.1 Å². The monoisotopic (exact) mass is 472 g/mol. The van der Waals surface area contributed by atoms with E-state index in [9.17, 15) is 19.5 Å². The van der Waals surface area contributed by atoms with Crippen LogP contribution < -0.4 is 5.32 Å². The van der Waals surface area contributed by atoms with Crippen LogP contribution in [0.25, 0.3) is 11.1 Å². The van der Waals surface area contributed by atoms with Crippen LogP contribution in [-0.2, 0) is 9.53 Å². The van der Waals surface area contributed by atoms with Crippen molar-refractivity contribution < 1.29 is 24.2 Å². The number of rotatable bonds is 7. The van der Waals surface area contributed by atoms with Gasteiger partial charge in [0, 0.05) is 13.0 Å². The first kappa shape index (κ1) is 24.0. The largest absolute Gasteiger partial charge is 0.480 e. The van der Waals surface area contributed by atoms with Crippen LogP contribution in [0.5, 0.6) is 0 Å². The Kier molecular flexibility index (Phi) is 6.87. The number of aliphatic carboxylic acids is 1. The highest BCUT2D eigenvalue weighted by molar-refractivity contribution is 6.04. The van der Waals surface area contributed by atoms with E-state index in [-0.39, 0.29) is 30.2 Å². The van der Waals surface area contributed by atoms with Crippen molar-refractivity contribution in [1.29, 1.82) is 0 Å². The Balaban J connectivity index is 1.51. The van der Waals surface area contributed by atoms with Crippen molar-refractivity contribution in [3.63, 3.8) is 0 Å². The summed E-state index contributed by atoms with van der Waals surface area (Å²) in [6, 6.07) is 20.2. The number of anilines is 1. The predicted molar refractivity (Wildman–Crippen MR) is 134 cm³/mol. The minimum absolute atomic E-state index is 0.0840. The summed E-state index contributed by atoms with van der Waals surface area (Å²) in [5.41, 5.74) is 5.77. The molecule has 3 aromatic rings. The molecule has 1 aliphatic carbocycles. The summed E-state index contributed by atoms with van der Waals surface area (Å²) in [5, 5.41) is 12.1. The Morgan fingerprint density at radius 3 is 2.17 bits per heavy atom. The minimum atomic E-state index is -1.08. The number of hydrogen-bond acceptors (Lipinski definition) is 4. The van der Waals surface area contributed by atoms with Crippen molar-refractivity contribution in [2.45, 2.75) is 32.2 Å². The summed E-state index contributed by atoms with van der Waals surface area (Å²) in [6.45, 7) is 3.67. The molecule has 2 N–H and O–H groups in total. The zero-order valence-corrected chi connectivity index (χ0v) is 19.9. The molecule has 35 heavy (non-hydrogen) atoms. The number of carbonyl (C=O) groups excluding carboxylic acids is 2. The quantitative estimate of drug-likeness (QED) is 0.487. The SMILES string of the molecule is CCC(C(=O)O)N(C)C(=O)c1cc(C)ccc1NC(=O)OCC1c2ccccc2-c2ccccc21. The Labute approximate surface area is 204 Å². The fraction of sp³-hybridized carbons (Fsp3) is 0.250.